The lowest BCUT2D eigenvalue weighted by atomic mass is 9.99. The molecule has 0 aliphatic heterocycles. The van der Waals surface area contributed by atoms with Gasteiger partial charge in [-0.05, 0) is 6.42 Å². The fraction of sp³-hybridized carbons (Fsp3) is 0.444. The van der Waals surface area contributed by atoms with E-state index in [1.807, 2.05) is 0 Å². The lowest BCUT2D eigenvalue weighted by Gasteiger charge is -2.20. The molecule has 0 fully saturated rings. The largest absolute Gasteiger partial charge is 0.481 e. The standard InChI is InChI=1S/C9H13N2O7P/c12-8(13)5(1-2-6-10-3-4-11-6)7(9(14)15)19(16,17)18/h3-5,7H,1-2H2,(H,10,11)(H,12,13)(H,14,15)(H2,16,17,18). The van der Waals surface area contributed by atoms with Gasteiger partial charge in [-0.25, -0.2) is 4.98 Å². The van der Waals surface area contributed by atoms with Crippen molar-refractivity contribution in [2.24, 2.45) is 5.92 Å². The van der Waals surface area contributed by atoms with Gasteiger partial charge >= 0.3 is 19.5 Å². The van der Waals surface area contributed by atoms with Gasteiger partial charge in [0.25, 0.3) is 0 Å². The Labute approximate surface area is 107 Å². The third-order valence-corrected chi connectivity index (χ3v) is 3.87. The minimum absolute atomic E-state index is 0.0771. The minimum Gasteiger partial charge on any atom is -0.481 e. The molecule has 1 rings (SSSR count). The van der Waals surface area contributed by atoms with Crippen molar-refractivity contribution in [1.29, 1.82) is 0 Å². The number of carboxylic acids is 2. The molecule has 0 aliphatic rings. The van der Waals surface area contributed by atoms with Gasteiger partial charge in [0.1, 0.15) is 5.82 Å². The zero-order valence-corrected chi connectivity index (χ0v) is 10.5. The Bertz CT molecular complexity index is 495. The van der Waals surface area contributed by atoms with Gasteiger partial charge in [0, 0.05) is 18.8 Å². The molecule has 0 aromatic carbocycles. The molecule has 10 heteroatoms. The van der Waals surface area contributed by atoms with Crippen molar-refractivity contribution in [3.05, 3.63) is 18.2 Å². The van der Waals surface area contributed by atoms with Crippen LogP contribution in [0.5, 0.6) is 0 Å². The van der Waals surface area contributed by atoms with E-state index in [-0.39, 0.29) is 12.8 Å². The third-order valence-electron chi connectivity index (χ3n) is 2.56. The molecule has 0 bridgehead atoms. The van der Waals surface area contributed by atoms with E-state index in [2.05, 4.69) is 9.97 Å². The van der Waals surface area contributed by atoms with Crippen LogP contribution in [0.3, 0.4) is 0 Å². The number of aromatic nitrogens is 2. The highest BCUT2D eigenvalue weighted by Crippen LogP contribution is 2.46. The zero-order chi connectivity index (χ0) is 14.6. The van der Waals surface area contributed by atoms with Crippen molar-refractivity contribution in [2.75, 3.05) is 0 Å². The molecule has 2 unspecified atom stereocenters. The lowest BCUT2D eigenvalue weighted by molar-refractivity contribution is -0.148. The Morgan fingerprint density at radius 3 is 2.32 bits per heavy atom. The van der Waals surface area contributed by atoms with Crippen molar-refractivity contribution >= 4 is 19.5 Å². The summed E-state index contributed by atoms with van der Waals surface area (Å²) < 4.78 is 11.1. The second-order valence-electron chi connectivity index (χ2n) is 3.89. The first kappa shape index (κ1) is 15.4. The van der Waals surface area contributed by atoms with Gasteiger partial charge in [0.05, 0.1) is 5.92 Å². The number of nitrogens with one attached hydrogen (secondary N) is 1. The highest BCUT2D eigenvalue weighted by atomic mass is 31.2. The molecule has 19 heavy (non-hydrogen) atoms. The van der Waals surface area contributed by atoms with Crippen molar-refractivity contribution in [2.45, 2.75) is 18.5 Å². The summed E-state index contributed by atoms with van der Waals surface area (Å²) in [6.45, 7) is 0. The Morgan fingerprint density at radius 2 is 1.95 bits per heavy atom. The van der Waals surface area contributed by atoms with Gasteiger partial charge < -0.3 is 25.0 Å². The summed E-state index contributed by atoms with van der Waals surface area (Å²) in [6, 6.07) is 0. The fourth-order valence-electron chi connectivity index (χ4n) is 1.69. The van der Waals surface area contributed by atoms with Crippen LogP contribution in [0.4, 0.5) is 0 Å². The van der Waals surface area contributed by atoms with Crippen LogP contribution in [-0.2, 0) is 20.6 Å². The highest BCUT2D eigenvalue weighted by molar-refractivity contribution is 7.53. The van der Waals surface area contributed by atoms with Gasteiger partial charge in [0.2, 0.25) is 0 Å². The Kier molecular flexibility index (Phi) is 4.82. The molecule has 1 aromatic heterocycles. The summed E-state index contributed by atoms with van der Waals surface area (Å²) in [5.41, 5.74) is -2.26. The Morgan fingerprint density at radius 1 is 1.32 bits per heavy atom. The van der Waals surface area contributed by atoms with E-state index in [9.17, 15) is 14.2 Å². The van der Waals surface area contributed by atoms with Crippen LogP contribution < -0.4 is 0 Å². The summed E-state index contributed by atoms with van der Waals surface area (Å²) in [7, 11) is -5.06. The summed E-state index contributed by atoms with van der Waals surface area (Å²) in [4.78, 5) is 46.3. The quantitative estimate of drug-likeness (QED) is 0.427. The molecule has 2 atom stereocenters. The maximum absolute atomic E-state index is 11.1. The summed E-state index contributed by atoms with van der Waals surface area (Å²) >= 11 is 0. The molecule has 0 radical (unpaired) electrons. The van der Waals surface area contributed by atoms with E-state index >= 15 is 0 Å². The molecule has 0 aliphatic carbocycles. The van der Waals surface area contributed by atoms with Crippen LogP contribution in [-0.4, -0.2) is 47.6 Å². The topological polar surface area (TPSA) is 161 Å². The van der Waals surface area contributed by atoms with E-state index in [4.69, 9.17) is 20.0 Å². The number of nitrogens with zero attached hydrogens (tertiary/aromatic N) is 1. The molecule has 1 aromatic rings. The number of hydrogen-bond donors (Lipinski definition) is 5. The third kappa shape index (κ3) is 4.16. The molecule has 5 N–H and O–H groups in total. The first-order valence-corrected chi connectivity index (χ1v) is 6.90. The van der Waals surface area contributed by atoms with Gasteiger partial charge in [-0.3, -0.25) is 14.2 Å². The Balaban J connectivity index is 2.89. The monoisotopic (exact) mass is 292 g/mol. The second-order valence-corrected chi connectivity index (χ2v) is 5.63. The SMILES string of the molecule is O=C(O)C(CCc1ncc[nH]1)C(C(=O)O)P(=O)(O)O. The van der Waals surface area contributed by atoms with Crippen LogP contribution in [0.15, 0.2) is 12.4 Å². The fourth-order valence-corrected chi connectivity index (χ4v) is 2.73. The number of aromatic amines is 1. The first-order valence-electron chi connectivity index (χ1n) is 5.22. The molecule has 0 saturated carbocycles. The van der Waals surface area contributed by atoms with Crippen LogP contribution in [0, 0.1) is 5.92 Å². The molecule has 0 spiro atoms. The second kappa shape index (κ2) is 5.96. The normalized spacial score (nSPS) is 14.8. The average Bonchev–Trinajstić information content (AvgIpc) is 2.73. The molecule has 0 amide bonds. The van der Waals surface area contributed by atoms with Crippen molar-refractivity contribution in [3.8, 4) is 0 Å². The van der Waals surface area contributed by atoms with Gasteiger partial charge in [-0.15, -0.1) is 0 Å². The predicted octanol–water partition coefficient (Wildman–Crippen LogP) is -0.326. The number of aliphatic carboxylic acids is 2. The number of carboxylic acid groups (broad SMARTS) is 2. The van der Waals surface area contributed by atoms with E-state index in [0.717, 1.165) is 0 Å². The number of carbonyl (C=O) groups is 2. The number of imidazole rings is 1. The molecular formula is C9H13N2O7P. The van der Waals surface area contributed by atoms with Crippen LogP contribution in [0.2, 0.25) is 0 Å². The maximum atomic E-state index is 11.1. The van der Waals surface area contributed by atoms with Gasteiger partial charge in [-0.2, -0.15) is 0 Å². The van der Waals surface area contributed by atoms with Crippen molar-refractivity contribution in [3.63, 3.8) is 0 Å². The van der Waals surface area contributed by atoms with Crippen LogP contribution in [0.1, 0.15) is 12.2 Å². The first-order chi connectivity index (χ1) is 8.73. The smallest absolute Gasteiger partial charge is 0.340 e. The molecule has 0 saturated heterocycles. The average molecular weight is 292 g/mol. The number of hydrogen-bond acceptors (Lipinski definition) is 4. The van der Waals surface area contributed by atoms with Crippen molar-refractivity contribution in [1.82, 2.24) is 9.97 Å². The number of aryl methyl sites for hydroxylation is 1. The van der Waals surface area contributed by atoms with E-state index in [0.29, 0.717) is 5.82 Å². The van der Waals surface area contributed by atoms with Gasteiger partial charge in [0.15, 0.2) is 5.66 Å². The van der Waals surface area contributed by atoms with Crippen LogP contribution >= 0.6 is 7.60 Å². The summed E-state index contributed by atoms with van der Waals surface area (Å²) in [5, 5.41) is 17.8. The van der Waals surface area contributed by atoms with Crippen LogP contribution in [0.25, 0.3) is 0 Å². The van der Waals surface area contributed by atoms with E-state index in [1.54, 1.807) is 0 Å². The number of H-pyrrole nitrogens is 1. The summed E-state index contributed by atoms with van der Waals surface area (Å²) in [6.07, 6.45) is 2.77. The van der Waals surface area contributed by atoms with Crippen molar-refractivity contribution < 1.29 is 34.2 Å². The zero-order valence-electron chi connectivity index (χ0n) is 9.63. The molecule has 106 valence electrons. The number of rotatable bonds is 7. The summed E-state index contributed by atoms with van der Waals surface area (Å²) in [5.74, 6) is -4.67. The van der Waals surface area contributed by atoms with Gasteiger partial charge in [-0.1, -0.05) is 0 Å². The highest BCUT2D eigenvalue weighted by Gasteiger charge is 2.45. The van der Waals surface area contributed by atoms with E-state index in [1.165, 1.54) is 12.4 Å². The van der Waals surface area contributed by atoms with E-state index < -0.39 is 31.1 Å². The molecular weight excluding hydrogens is 279 g/mol. The Hall–Kier alpha value is -1.70. The predicted molar refractivity (Wildman–Crippen MR) is 61.5 cm³/mol. The maximum Gasteiger partial charge on any atom is 0.340 e. The molecule has 1 heterocycles. The molecule has 9 nitrogen and oxygen atoms in total. The minimum atomic E-state index is -5.06. The lowest BCUT2D eigenvalue weighted by Crippen LogP contribution is -2.35.